The van der Waals surface area contributed by atoms with Gasteiger partial charge in [0.1, 0.15) is 17.5 Å². The van der Waals surface area contributed by atoms with E-state index in [2.05, 4.69) is 42.2 Å². The quantitative estimate of drug-likeness (QED) is 0.188. The molecule has 0 aliphatic rings. The zero-order valence-electron chi connectivity index (χ0n) is 18.1. The summed E-state index contributed by atoms with van der Waals surface area (Å²) in [7, 11) is 0. The van der Waals surface area contributed by atoms with E-state index in [1.165, 1.54) is 12.8 Å². The number of nitrogens with one attached hydrogen (secondary N) is 1. The van der Waals surface area contributed by atoms with Crippen LogP contribution in [0.3, 0.4) is 0 Å². The second kappa shape index (κ2) is 13.1. The van der Waals surface area contributed by atoms with E-state index in [1.807, 2.05) is 30.3 Å². The lowest BCUT2D eigenvalue weighted by Gasteiger charge is -2.15. The normalized spacial score (nSPS) is 12.3. The number of aromatic nitrogens is 2. The first-order chi connectivity index (χ1) is 13.9. The highest BCUT2D eigenvalue weighted by molar-refractivity contribution is 14.0. The number of nitriles is 1. The Morgan fingerprint density at radius 1 is 1.20 bits per heavy atom. The molecule has 7 nitrogen and oxygen atoms in total. The molecular formula is C22H34IN7. The summed E-state index contributed by atoms with van der Waals surface area (Å²) in [5, 5.41) is 17.3. The van der Waals surface area contributed by atoms with Crippen molar-refractivity contribution >= 4 is 35.8 Å². The van der Waals surface area contributed by atoms with Gasteiger partial charge in [0, 0.05) is 12.6 Å². The van der Waals surface area contributed by atoms with Crippen LogP contribution >= 0.6 is 24.0 Å². The average molecular weight is 523 g/mol. The number of benzene rings is 1. The predicted octanol–water partition coefficient (Wildman–Crippen LogP) is 4.00. The maximum atomic E-state index is 9.47. The van der Waals surface area contributed by atoms with Gasteiger partial charge >= 0.3 is 0 Å². The Balaban J connectivity index is 0.00000450. The van der Waals surface area contributed by atoms with E-state index in [4.69, 9.17) is 11.5 Å². The monoisotopic (exact) mass is 523 g/mol. The zero-order chi connectivity index (χ0) is 21.2. The average Bonchev–Trinajstić information content (AvgIpc) is 3.01. The lowest BCUT2D eigenvalue weighted by molar-refractivity contribution is 0.493. The van der Waals surface area contributed by atoms with E-state index in [1.54, 1.807) is 4.68 Å². The molecular weight excluding hydrogens is 489 g/mol. The fourth-order valence-electron chi connectivity index (χ4n) is 3.19. The van der Waals surface area contributed by atoms with Gasteiger partial charge in [0.25, 0.3) is 0 Å². The second-order valence-electron chi connectivity index (χ2n) is 7.81. The summed E-state index contributed by atoms with van der Waals surface area (Å²) in [6.45, 7) is 7.17. The van der Waals surface area contributed by atoms with E-state index in [9.17, 15) is 5.26 Å². The SMILES string of the molecule is CC(C)CCCC(C)NC(N)=NCCCc1nn(-c2ccccc2)c(N)c1C#N.I. The number of nitrogens with zero attached hydrogens (tertiary/aromatic N) is 4. The van der Waals surface area contributed by atoms with Gasteiger partial charge in [-0.05, 0) is 44.2 Å². The molecule has 2 rings (SSSR count). The van der Waals surface area contributed by atoms with Crippen LogP contribution in [0.2, 0.25) is 0 Å². The number of aliphatic imine (C=N–C) groups is 1. The van der Waals surface area contributed by atoms with E-state index >= 15 is 0 Å². The lowest BCUT2D eigenvalue weighted by Crippen LogP contribution is -2.38. The van der Waals surface area contributed by atoms with Gasteiger partial charge in [0.2, 0.25) is 0 Å². The van der Waals surface area contributed by atoms with Crippen molar-refractivity contribution in [2.75, 3.05) is 12.3 Å². The number of nitrogens with two attached hydrogens (primary N) is 2. The van der Waals surface area contributed by atoms with Crippen molar-refractivity contribution in [2.24, 2.45) is 16.6 Å². The van der Waals surface area contributed by atoms with E-state index in [-0.39, 0.29) is 24.0 Å². The van der Waals surface area contributed by atoms with Crippen molar-refractivity contribution in [1.82, 2.24) is 15.1 Å². The Morgan fingerprint density at radius 3 is 2.53 bits per heavy atom. The van der Waals surface area contributed by atoms with E-state index < -0.39 is 0 Å². The predicted molar refractivity (Wildman–Crippen MR) is 134 cm³/mol. The van der Waals surface area contributed by atoms with Crippen molar-refractivity contribution in [1.29, 1.82) is 5.26 Å². The number of para-hydroxylation sites is 1. The van der Waals surface area contributed by atoms with Crippen LogP contribution in [-0.2, 0) is 6.42 Å². The van der Waals surface area contributed by atoms with Gasteiger partial charge in [0.05, 0.1) is 11.4 Å². The van der Waals surface area contributed by atoms with Crippen molar-refractivity contribution < 1.29 is 0 Å². The van der Waals surface area contributed by atoms with Crippen molar-refractivity contribution in [3.8, 4) is 11.8 Å². The van der Waals surface area contributed by atoms with E-state index in [0.29, 0.717) is 42.0 Å². The Bertz CT molecular complexity index is 837. The second-order valence-corrected chi connectivity index (χ2v) is 7.81. The largest absolute Gasteiger partial charge is 0.382 e. The molecule has 30 heavy (non-hydrogen) atoms. The summed E-state index contributed by atoms with van der Waals surface area (Å²) in [6.07, 6.45) is 4.85. The number of nitrogen functional groups attached to an aromatic ring is 1. The first-order valence-electron chi connectivity index (χ1n) is 10.3. The Hall–Kier alpha value is -2.28. The molecule has 0 bridgehead atoms. The summed E-state index contributed by atoms with van der Waals surface area (Å²) < 4.78 is 1.62. The summed E-state index contributed by atoms with van der Waals surface area (Å²) in [5.41, 5.74) is 14.1. The van der Waals surface area contributed by atoms with Gasteiger partial charge in [-0.25, -0.2) is 4.68 Å². The van der Waals surface area contributed by atoms with Crippen LogP contribution in [0.15, 0.2) is 35.3 Å². The Morgan fingerprint density at radius 2 is 1.90 bits per heavy atom. The van der Waals surface area contributed by atoms with Crippen LogP contribution in [0, 0.1) is 17.2 Å². The molecule has 0 aliphatic carbocycles. The minimum absolute atomic E-state index is 0. The molecule has 2 aromatic rings. The molecule has 0 radical (unpaired) electrons. The van der Waals surface area contributed by atoms with Gasteiger partial charge in [-0.1, -0.05) is 44.9 Å². The topological polar surface area (TPSA) is 118 Å². The van der Waals surface area contributed by atoms with E-state index in [0.717, 1.165) is 24.4 Å². The molecule has 1 aromatic heterocycles. The Kier molecular flexibility index (Phi) is 11.3. The van der Waals surface area contributed by atoms with Crippen LogP contribution in [0.25, 0.3) is 5.69 Å². The van der Waals surface area contributed by atoms with Crippen molar-refractivity contribution in [2.45, 2.75) is 58.9 Å². The first kappa shape index (κ1) is 25.8. The highest BCUT2D eigenvalue weighted by atomic mass is 127. The molecule has 8 heteroatoms. The van der Waals surface area contributed by atoms with Gasteiger partial charge in [0.15, 0.2) is 5.96 Å². The zero-order valence-corrected chi connectivity index (χ0v) is 20.5. The molecule has 0 saturated heterocycles. The van der Waals surface area contributed by atoms with Crippen LogP contribution < -0.4 is 16.8 Å². The third-order valence-electron chi connectivity index (χ3n) is 4.77. The summed E-state index contributed by atoms with van der Waals surface area (Å²) in [6, 6.07) is 12.1. The number of hydrogen-bond acceptors (Lipinski definition) is 4. The fraction of sp³-hybridized carbons (Fsp3) is 0.500. The highest BCUT2D eigenvalue weighted by Crippen LogP contribution is 2.21. The molecule has 1 unspecified atom stereocenters. The molecule has 1 heterocycles. The van der Waals surface area contributed by atoms with Crippen LogP contribution in [0.1, 0.15) is 57.7 Å². The summed E-state index contributed by atoms with van der Waals surface area (Å²) in [5.74, 6) is 1.57. The molecule has 164 valence electrons. The lowest BCUT2D eigenvalue weighted by atomic mass is 10.0. The molecule has 1 atom stereocenters. The van der Waals surface area contributed by atoms with Crippen molar-refractivity contribution in [3.63, 3.8) is 0 Å². The number of guanidine groups is 1. The third-order valence-corrected chi connectivity index (χ3v) is 4.77. The number of hydrogen-bond donors (Lipinski definition) is 3. The molecule has 1 aromatic carbocycles. The number of halogens is 1. The van der Waals surface area contributed by atoms with Gasteiger partial charge in [-0.3, -0.25) is 4.99 Å². The molecule has 0 fully saturated rings. The van der Waals surface area contributed by atoms with Crippen LogP contribution in [0.4, 0.5) is 5.82 Å². The highest BCUT2D eigenvalue weighted by Gasteiger charge is 2.16. The minimum Gasteiger partial charge on any atom is -0.382 e. The Labute approximate surface area is 197 Å². The molecule has 5 N–H and O–H groups in total. The maximum absolute atomic E-state index is 9.47. The standard InChI is InChI=1S/C22H33N7.HI/c1-16(2)9-7-10-17(3)27-22(25)26-14-8-13-20-19(15-23)21(24)29(28-20)18-11-5-4-6-12-18;/h4-6,11-12,16-17H,7-10,13-14,24H2,1-3H3,(H3,25,26,27);1H. The first-order valence-corrected chi connectivity index (χ1v) is 10.3. The fourth-order valence-corrected chi connectivity index (χ4v) is 3.19. The number of anilines is 1. The smallest absolute Gasteiger partial charge is 0.188 e. The minimum atomic E-state index is 0. The van der Waals surface area contributed by atoms with Gasteiger partial charge in [-0.2, -0.15) is 10.4 Å². The van der Waals surface area contributed by atoms with Crippen LogP contribution in [-0.4, -0.2) is 28.3 Å². The van der Waals surface area contributed by atoms with Gasteiger partial charge < -0.3 is 16.8 Å². The van der Waals surface area contributed by atoms with Gasteiger partial charge in [-0.15, -0.1) is 24.0 Å². The molecule has 0 amide bonds. The maximum Gasteiger partial charge on any atom is 0.188 e. The van der Waals surface area contributed by atoms with Crippen molar-refractivity contribution in [3.05, 3.63) is 41.6 Å². The third kappa shape index (κ3) is 7.86. The summed E-state index contributed by atoms with van der Waals surface area (Å²) in [4.78, 5) is 4.40. The summed E-state index contributed by atoms with van der Waals surface area (Å²) >= 11 is 0. The molecule has 0 spiro atoms. The number of aryl methyl sites for hydroxylation is 1. The molecule has 0 saturated carbocycles. The molecule has 0 aliphatic heterocycles. The van der Waals surface area contributed by atoms with Crippen LogP contribution in [0.5, 0.6) is 0 Å². The number of rotatable bonds is 10.